The van der Waals surface area contributed by atoms with Gasteiger partial charge < -0.3 is 0 Å². The highest BCUT2D eigenvalue weighted by Crippen LogP contribution is 2.13. The number of rotatable bonds is 7. The highest BCUT2D eigenvalue weighted by molar-refractivity contribution is 5.99. The second-order valence-electron chi connectivity index (χ2n) is 4.42. The lowest BCUT2D eigenvalue weighted by Crippen LogP contribution is -2.00. The molecule has 0 spiro atoms. The van der Waals surface area contributed by atoms with Crippen LogP contribution in [0.1, 0.15) is 47.0 Å². The van der Waals surface area contributed by atoms with Gasteiger partial charge in [0.15, 0.2) is 0 Å². The van der Waals surface area contributed by atoms with Crippen LogP contribution in [0.3, 0.4) is 0 Å². The lowest BCUT2D eigenvalue weighted by Gasteiger charge is -2.07. The summed E-state index contributed by atoms with van der Waals surface area (Å²) in [5.41, 5.74) is 4.39. The highest BCUT2D eigenvalue weighted by atomic mass is 14.8. The van der Waals surface area contributed by atoms with Crippen LogP contribution in [0.2, 0.25) is 0 Å². The van der Waals surface area contributed by atoms with E-state index in [9.17, 15) is 0 Å². The van der Waals surface area contributed by atoms with E-state index in [2.05, 4.69) is 33.9 Å². The molecular weight excluding hydrogens is 206 g/mol. The van der Waals surface area contributed by atoms with Crippen molar-refractivity contribution in [1.29, 1.82) is 0 Å². The van der Waals surface area contributed by atoms with Crippen LogP contribution < -0.4 is 0 Å². The predicted octanol–water partition coefficient (Wildman–Crippen LogP) is 5.23. The van der Waals surface area contributed by atoms with Gasteiger partial charge in [0.1, 0.15) is 0 Å². The Morgan fingerprint density at radius 2 is 1.88 bits per heavy atom. The van der Waals surface area contributed by atoms with Crippen LogP contribution in [-0.4, -0.2) is 5.71 Å². The highest BCUT2D eigenvalue weighted by Gasteiger charge is 2.01. The summed E-state index contributed by atoms with van der Waals surface area (Å²) in [7, 11) is 0. The van der Waals surface area contributed by atoms with E-state index in [0.29, 0.717) is 0 Å². The fourth-order valence-corrected chi connectivity index (χ4v) is 1.33. The summed E-state index contributed by atoms with van der Waals surface area (Å²) in [6.07, 6.45) is 9.03. The first-order valence-corrected chi connectivity index (χ1v) is 6.23. The minimum absolute atomic E-state index is 1.00. The molecule has 94 valence electrons. The molecule has 0 atom stereocenters. The van der Waals surface area contributed by atoms with Crippen molar-refractivity contribution in [2.45, 2.75) is 47.0 Å². The molecule has 0 aliphatic carbocycles. The number of allylic oxidation sites excluding steroid dienone is 5. The van der Waals surface area contributed by atoms with E-state index in [4.69, 9.17) is 4.99 Å². The molecule has 0 aliphatic heterocycles. The normalized spacial score (nSPS) is 11.6. The van der Waals surface area contributed by atoms with Crippen molar-refractivity contribution in [3.63, 3.8) is 0 Å². The third-order valence-electron chi connectivity index (χ3n) is 2.42. The largest absolute Gasteiger partial charge is 0.253 e. The van der Waals surface area contributed by atoms with Gasteiger partial charge in [-0.3, -0.25) is 4.99 Å². The molecule has 0 aliphatic rings. The quantitative estimate of drug-likeness (QED) is 0.420. The van der Waals surface area contributed by atoms with Gasteiger partial charge in [0.25, 0.3) is 0 Å². The topological polar surface area (TPSA) is 12.4 Å². The maximum Gasteiger partial charge on any atom is 0.0619 e. The molecule has 1 heteroatoms. The average molecular weight is 231 g/mol. The Morgan fingerprint density at radius 3 is 2.29 bits per heavy atom. The van der Waals surface area contributed by atoms with Crippen LogP contribution in [0.4, 0.5) is 0 Å². The Hall–Kier alpha value is -1.37. The molecule has 0 aromatic heterocycles. The molecule has 1 nitrogen and oxygen atoms in total. The van der Waals surface area contributed by atoms with Crippen molar-refractivity contribution in [3.05, 3.63) is 48.2 Å². The Kier molecular flexibility index (Phi) is 8.04. The fourth-order valence-electron chi connectivity index (χ4n) is 1.33. The third-order valence-corrected chi connectivity index (χ3v) is 2.42. The summed E-state index contributed by atoms with van der Waals surface area (Å²) in [5.74, 6) is 0. The van der Waals surface area contributed by atoms with Crippen molar-refractivity contribution in [2.24, 2.45) is 4.99 Å². The summed E-state index contributed by atoms with van der Waals surface area (Å²) in [6.45, 7) is 16.0. The number of hydrogen-bond donors (Lipinski definition) is 0. The number of unbranched alkanes of at least 4 members (excludes halogenated alkanes) is 1. The van der Waals surface area contributed by atoms with Crippen LogP contribution in [0, 0.1) is 0 Å². The fraction of sp³-hybridized carbons (Fsp3) is 0.438. The Bertz CT molecular complexity index is 350. The van der Waals surface area contributed by atoms with Gasteiger partial charge in [-0.25, -0.2) is 0 Å². The van der Waals surface area contributed by atoms with Crippen LogP contribution in [0.25, 0.3) is 0 Å². The van der Waals surface area contributed by atoms with Gasteiger partial charge in [-0.05, 0) is 45.3 Å². The summed E-state index contributed by atoms with van der Waals surface area (Å²) in [6, 6.07) is 0. The molecule has 0 fully saturated rings. The van der Waals surface area contributed by atoms with E-state index in [1.807, 2.05) is 19.1 Å². The molecule has 0 saturated carbocycles. The van der Waals surface area contributed by atoms with Gasteiger partial charge in [-0.1, -0.05) is 44.2 Å². The molecule has 0 bridgehead atoms. The molecule has 0 aromatic rings. The first kappa shape index (κ1) is 15.6. The Balaban J connectivity index is 5.10. The molecule has 0 rings (SSSR count). The zero-order valence-corrected chi connectivity index (χ0v) is 11.7. The molecule has 0 saturated heterocycles. The SMILES string of the molecule is C=C/C=C\C(N=C(CCCC)C(=C)C)=C(C)C. The predicted molar refractivity (Wildman–Crippen MR) is 79.5 cm³/mol. The molecule has 0 amide bonds. The van der Waals surface area contributed by atoms with Crippen LogP contribution in [0.5, 0.6) is 0 Å². The molecule has 0 radical (unpaired) electrons. The van der Waals surface area contributed by atoms with E-state index in [-0.39, 0.29) is 0 Å². The zero-order chi connectivity index (χ0) is 13.3. The van der Waals surface area contributed by atoms with Gasteiger partial charge in [-0.15, -0.1) is 0 Å². The summed E-state index contributed by atoms with van der Waals surface area (Å²) >= 11 is 0. The standard InChI is InChI=1S/C16H25N/c1-7-9-11-15(13(3)4)17-16(14(5)6)12-10-8-2/h7,9,11H,1,5,8,10,12H2,2-4,6H3/b11-9-,17-16?. The monoisotopic (exact) mass is 231 g/mol. The maximum atomic E-state index is 4.71. The van der Waals surface area contributed by atoms with Gasteiger partial charge in [0.2, 0.25) is 0 Å². The molecule has 0 heterocycles. The van der Waals surface area contributed by atoms with Gasteiger partial charge in [0.05, 0.1) is 5.70 Å². The van der Waals surface area contributed by atoms with Crippen molar-refractivity contribution >= 4 is 5.71 Å². The Morgan fingerprint density at radius 1 is 1.24 bits per heavy atom. The molecule has 0 N–H and O–H groups in total. The van der Waals surface area contributed by atoms with Crippen molar-refractivity contribution in [2.75, 3.05) is 0 Å². The first-order valence-electron chi connectivity index (χ1n) is 6.23. The van der Waals surface area contributed by atoms with Crippen molar-refractivity contribution < 1.29 is 0 Å². The van der Waals surface area contributed by atoms with Gasteiger partial charge >= 0.3 is 0 Å². The Labute approximate surface area is 106 Å². The van der Waals surface area contributed by atoms with Gasteiger partial charge in [0, 0.05) is 5.71 Å². The second kappa shape index (κ2) is 8.74. The van der Waals surface area contributed by atoms with Crippen LogP contribution >= 0.6 is 0 Å². The number of nitrogens with zero attached hydrogens (tertiary/aromatic N) is 1. The van der Waals surface area contributed by atoms with E-state index in [1.165, 1.54) is 12.0 Å². The lowest BCUT2D eigenvalue weighted by atomic mass is 10.1. The number of hydrogen-bond acceptors (Lipinski definition) is 1. The van der Waals surface area contributed by atoms with E-state index in [0.717, 1.165) is 29.8 Å². The summed E-state index contributed by atoms with van der Waals surface area (Å²) in [5, 5.41) is 0. The van der Waals surface area contributed by atoms with Crippen LogP contribution in [0.15, 0.2) is 53.2 Å². The summed E-state index contributed by atoms with van der Waals surface area (Å²) in [4.78, 5) is 4.71. The van der Waals surface area contributed by atoms with Crippen molar-refractivity contribution in [1.82, 2.24) is 0 Å². The zero-order valence-electron chi connectivity index (χ0n) is 11.7. The maximum absolute atomic E-state index is 4.71. The average Bonchev–Trinajstić information content (AvgIpc) is 2.27. The minimum atomic E-state index is 1.00. The molecule has 0 aromatic carbocycles. The van der Waals surface area contributed by atoms with Gasteiger partial charge in [-0.2, -0.15) is 0 Å². The van der Waals surface area contributed by atoms with Crippen molar-refractivity contribution in [3.8, 4) is 0 Å². The number of aliphatic imine (C=N–C) groups is 1. The van der Waals surface area contributed by atoms with Crippen LogP contribution in [-0.2, 0) is 0 Å². The first-order chi connectivity index (χ1) is 8.02. The summed E-state index contributed by atoms with van der Waals surface area (Å²) < 4.78 is 0. The van der Waals surface area contributed by atoms with E-state index >= 15 is 0 Å². The molecular formula is C16H25N. The van der Waals surface area contributed by atoms with E-state index < -0.39 is 0 Å². The lowest BCUT2D eigenvalue weighted by molar-refractivity contribution is 0.833. The third kappa shape index (κ3) is 6.72. The van der Waals surface area contributed by atoms with E-state index in [1.54, 1.807) is 6.08 Å². The minimum Gasteiger partial charge on any atom is -0.253 e. The molecule has 17 heavy (non-hydrogen) atoms. The molecule has 0 unspecified atom stereocenters. The second-order valence-corrected chi connectivity index (χ2v) is 4.42. The smallest absolute Gasteiger partial charge is 0.0619 e.